The van der Waals surface area contributed by atoms with Gasteiger partial charge in [-0.3, -0.25) is 4.21 Å². The lowest BCUT2D eigenvalue weighted by molar-refractivity contribution is 0.321. The van der Waals surface area contributed by atoms with Gasteiger partial charge in [-0.2, -0.15) is 0 Å². The van der Waals surface area contributed by atoms with Crippen molar-refractivity contribution in [2.45, 2.75) is 32.4 Å². The molecule has 1 heterocycles. The van der Waals surface area contributed by atoms with Gasteiger partial charge in [0.1, 0.15) is 5.75 Å². The molecule has 1 aliphatic heterocycles. The van der Waals surface area contributed by atoms with Crippen molar-refractivity contribution in [1.82, 2.24) is 5.32 Å². The lowest BCUT2D eigenvalue weighted by atomic mass is 10.0. The fraction of sp³-hybridized carbons (Fsp3) is 0.571. The summed E-state index contributed by atoms with van der Waals surface area (Å²) in [6.45, 7) is 6.82. The first-order valence-corrected chi connectivity index (χ1v) is 7.85. The molecule has 18 heavy (non-hydrogen) atoms. The van der Waals surface area contributed by atoms with E-state index >= 15 is 0 Å². The highest BCUT2D eigenvalue weighted by atomic mass is 32.2. The maximum atomic E-state index is 12.0. The number of nitrogens with one attached hydrogen (secondary N) is 1. The zero-order valence-corrected chi connectivity index (χ0v) is 12.0. The fourth-order valence-corrected chi connectivity index (χ4v) is 4.07. The van der Waals surface area contributed by atoms with E-state index in [0.717, 1.165) is 11.3 Å². The molecule has 2 unspecified atom stereocenters. The van der Waals surface area contributed by atoms with Crippen LogP contribution in [0.4, 0.5) is 0 Å². The minimum Gasteiger partial charge on any atom is -0.494 e. The molecular weight excluding hydrogens is 246 g/mol. The minimum absolute atomic E-state index is 0.0902. The van der Waals surface area contributed by atoms with Gasteiger partial charge in [0.15, 0.2) is 0 Å². The highest BCUT2D eigenvalue weighted by Crippen LogP contribution is 2.30. The number of rotatable bonds is 3. The molecule has 0 aromatic heterocycles. The van der Waals surface area contributed by atoms with Crippen LogP contribution in [0.3, 0.4) is 0 Å². The summed E-state index contributed by atoms with van der Waals surface area (Å²) in [5.41, 5.74) is 1.02. The SMILES string of the molecule is CCOc1ccccc1C1CS(=O)CC(C)(C)N1. The van der Waals surface area contributed by atoms with Gasteiger partial charge in [-0.05, 0) is 26.8 Å². The normalized spacial score (nSPS) is 26.8. The predicted octanol–water partition coefficient (Wildman–Crippen LogP) is 2.26. The third kappa shape index (κ3) is 3.12. The Hall–Kier alpha value is -0.870. The topological polar surface area (TPSA) is 38.3 Å². The smallest absolute Gasteiger partial charge is 0.124 e. The van der Waals surface area contributed by atoms with E-state index < -0.39 is 10.8 Å². The highest BCUT2D eigenvalue weighted by molar-refractivity contribution is 7.85. The molecule has 2 rings (SSSR count). The van der Waals surface area contributed by atoms with Gasteiger partial charge < -0.3 is 10.1 Å². The molecular formula is C14H21NO2S. The van der Waals surface area contributed by atoms with E-state index in [4.69, 9.17) is 4.74 Å². The first kappa shape index (κ1) is 13.6. The van der Waals surface area contributed by atoms with Crippen LogP contribution in [0, 0.1) is 0 Å². The number of hydrogen-bond donors (Lipinski definition) is 1. The predicted molar refractivity (Wildman–Crippen MR) is 75.4 cm³/mol. The summed E-state index contributed by atoms with van der Waals surface area (Å²) in [6.07, 6.45) is 0. The Balaban J connectivity index is 2.27. The quantitative estimate of drug-likeness (QED) is 0.913. The van der Waals surface area contributed by atoms with Gasteiger partial charge in [0.25, 0.3) is 0 Å². The van der Waals surface area contributed by atoms with E-state index in [1.54, 1.807) is 0 Å². The van der Waals surface area contributed by atoms with Gasteiger partial charge in [-0.15, -0.1) is 0 Å². The van der Waals surface area contributed by atoms with E-state index in [0.29, 0.717) is 18.1 Å². The van der Waals surface area contributed by atoms with Crippen molar-refractivity contribution in [1.29, 1.82) is 0 Å². The van der Waals surface area contributed by atoms with Crippen LogP contribution >= 0.6 is 0 Å². The van der Waals surface area contributed by atoms with Crippen LogP contribution in [-0.4, -0.2) is 27.9 Å². The molecule has 1 aliphatic rings. The van der Waals surface area contributed by atoms with Gasteiger partial charge in [0, 0.05) is 39.4 Å². The van der Waals surface area contributed by atoms with Crippen molar-refractivity contribution in [3.8, 4) is 5.75 Å². The monoisotopic (exact) mass is 267 g/mol. The van der Waals surface area contributed by atoms with E-state index in [9.17, 15) is 4.21 Å². The number of benzene rings is 1. The number of ether oxygens (including phenoxy) is 1. The van der Waals surface area contributed by atoms with Crippen molar-refractivity contribution in [3.05, 3.63) is 29.8 Å². The van der Waals surface area contributed by atoms with Crippen molar-refractivity contribution in [3.63, 3.8) is 0 Å². The van der Waals surface area contributed by atoms with Gasteiger partial charge >= 0.3 is 0 Å². The molecule has 3 nitrogen and oxygen atoms in total. The zero-order valence-electron chi connectivity index (χ0n) is 11.2. The van der Waals surface area contributed by atoms with Crippen molar-refractivity contribution in [2.75, 3.05) is 18.1 Å². The Morgan fingerprint density at radius 3 is 2.83 bits per heavy atom. The van der Waals surface area contributed by atoms with E-state index in [1.807, 2.05) is 25.1 Å². The Labute approximate surface area is 111 Å². The molecule has 0 amide bonds. The molecule has 1 fully saturated rings. The molecule has 0 spiro atoms. The van der Waals surface area contributed by atoms with Crippen LogP contribution in [0.2, 0.25) is 0 Å². The Kier molecular flexibility index (Phi) is 4.07. The van der Waals surface area contributed by atoms with Gasteiger partial charge in [0.2, 0.25) is 0 Å². The molecule has 0 aliphatic carbocycles. The molecule has 4 heteroatoms. The summed E-state index contributed by atoms with van der Waals surface area (Å²) in [7, 11) is -0.770. The largest absolute Gasteiger partial charge is 0.494 e. The van der Waals surface area contributed by atoms with E-state index in [1.165, 1.54) is 0 Å². The summed E-state index contributed by atoms with van der Waals surface area (Å²) < 4.78 is 17.6. The van der Waals surface area contributed by atoms with E-state index in [-0.39, 0.29) is 11.6 Å². The van der Waals surface area contributed by atoms with Gasteiger partial charge in [-0.1, -0.05) is 18.2 Å². The molecule has 0 radical (unpaired) electrons. The van der Waals surface area contributed by atoms with Crippen LogP contribution < -0.4 is 10.1 Å². The molecule has 0 bridgehead atoms. The lowest BCUT2D eigenvalue weighted by Crippen LogP contribution is -2.52. The lowest BCUT2D eigenvalue weighted by Gasteiger charge is -2.37. The second-order valence-corrected chi connectivity index (χ2v) is 6.80. The third-order valence-electron chi connectivity index (χ3n) is 3.03. The van der Waals surface area contributed by atoms with Gasteiger partial charge in [0.05, 0.1) is 6.61 Å². The van der Waals surface area contributed by atoms with Crippen LogP contribution in [-0.2, 0) is 10.8 Å². The third-order valence-corrected chi connectivity index (χ3v) is 4.78. The van der Waals surface area contributed by atoms with Gasteiger partial charge in [-0.25, -0.2) is 0 Å². The molecule has 1 N–H and O–H groups in total. The maximum Gasteiger partial charge on any atom is 0.124 e. The first-order chi connectivity index (χ1) is 8.52. The average molecular weight is 267 g/mol. The first-order valence-electron chi connectivity index (χ1n) is 6.36. The second kappa shape index (κ2) is 5.41. The average Bonchev–Trinajstić information content (AvgIpc) is 2.27. The highest BCUT2D eigenvalue weighted by Gasteiger charge is 2.33. The molecule has 1 saturated heterocycles. The standard InChI is InChI=1S/C14H21NO2S/c1-4-17-13-8-6-5-7-11(13)12-9-18(16)10-14(2,3)15-12/h5-8,12,15H,4,9-10H2,1-3H3. The summed E-state index contributed by atoms with van der Waals surface area (Å²) in [5, 5.41) is 3.57. The van der Waals surface area contributed by atoms with Crippen LogP contribution in [0.25, 0.3) is 0 Å². The Morgan fingerprint density at radius 1 is 1.44 bits per heavy atom. The Bertz CT molecular complexity index is 445. The second-order valence-electron chi connectivity index (χ2n) is 5.30. The zero-order chi connectivity index (χ0) is 13.2. The number of hydrogen-bond acceptors (Lipinski definition) is 3. The maximum absolute atomic E-state index is 12.0. The molecule has 2 atom stereocenters. The summed E-state index contributed by atoms with van der Waals surface area (Å²) in [5.74, 6) is 2.26. The molecule has 0 saturated carbocycles. The molecule has 1 aromatic rings. The van der Waals surface area contributed by atoms with Crippen molar-refractivity contribution in [2.24, 2.45) is 0 Å². The summed E-state index contributed by atoms with van der Waals surface area (Å²) in [6, 6.07) is 8.12. The van der Waals surface area contributed by atoms with Crippen molar-refractivity contribution >= 4 is 10.8 Å². The number of para-hydroxylation sites is 1. The molecule has 100 valence electrons. The van der Waals surface area contributed by atoms with Crippen molar-refractivity contribution < 1.29 is 8.95 Å². The Morgan fingerprint density at radius 2 is 2.17 bits per heavy atom. The summed E-state index contributed by atoms with van der Waals surface area (Å²) in [4.78, 5) is 0. The molecule has 1 aromatic carbocycles. The van der Waals surface area contributed by atoms with Crippen LogP contribution in [0.1, 0.15) is 32.4 Å². The summed E-state index contributed by atoms with van der Waals surface area (Å²) >= 11 is 0. The van der Waals surface area contributed by atoms with E-state index in [2.05, 4.69) is 25.2 Å². The van der Waals surface area contributed by atoms with Crippen LogP contribution in [0.5, 0.6) is 5.75 Å². The minimum atomic E-state index is -0.770. The fourth-order valence-electron chi connectivity index (χ4n) is 2.43. The van der Waals surface area contributed by atoms with Crippen LogP contribution in [0.15, 0.2) is 24.3 Å².